The molecule has 3 amide bonds. The van der Waals surface area contributed by atoms with Gasteiger partial charge in [0.05, 0.1) is 22.7 Å². The van der Waals surface area contributed by atoms with Crippen LogP contribution in [0, 0.1) is 5.92 Å². The SMILES string of the molecule is C[Si](C)(C)c1ncc(C23CN(C(=O)OCc4ccccc4)CC2CON3C(=O)NSC(=O)c2ccccc2)s1. The first-order chi connectivity index (χ1) is 18.7. The number of thiazole rings is 1. The lowest BCUT2D eigenvalue weighted by atomic mass is 9.87. The molecule has 2 aliphatic heterocycles. The second kappa shape index (κ2) is 11.1. The highest BCUT2D eigenvalue weighted by atomic mass is 32.2. The number of urea groups is 1. The molecule has 3 heterocycles. The van der Waals surface area contributed by atoms with Crippen LogP contribution in [0.25, 0.3) is 0 Å². The normalized spacial score (nSPS) is 20.5. The maximum Gasteiger partial charge on any atom is 0.410 e. The molecule has 0 radical (unpaired) electrons. The Kier molecular flexibility index (Phi) is 7.81. The van der Waals surface area contributed by atoms with E-state index in [1.807, 2.05) is 36.4 Å². The number of hydrogen-bond donors (Lipinski definition) is 1. The maximum absolute atomic E-state index is 13.5. The zero-order valence-corrected chi connectivity index (χ0v) is 24.6. The molecule has 2 aliphatic rings. The van der Waals surface area contributed by atoms with Gasteiger partial charge in [-0.3, -0.25) is 19.3 Å². The number of benzene rings is 2. The van der Waals surface area contributed by atoms with Gasteiger partial charge in [-0.15, -0.1) is 11.3 Å². The zero-order valence-electron chi connectivity index (χ0n) is 22.0. The lowest BCUT2D eigenvalue weighted by Crippen LogP contribution is -2.51. The Labute approximate surface area is 236 Å². The van der Waals surface area contributed by atoms with Crippen LogP contribution in [0.3, 0.4) is 0 Å². The summed E-state index contributed by atoms with van der Waals surface area (Å²) in [7, 11) is -1.72. The third kappa shape index (κ3) is 5.60. The van der Waals surface area contributed by atoms with Gasteiger partial charge in [-0.2, -0.15) is 5.06 Å². The maximum atomic E-state index is 13.5. The Hall–Kier alpha value is -3.19. The summed E-state index contributed by atoms with van der Waals surface area (Å²) in [6.07, 6.45) is 1.36. The number of amides is 3. The van der Waals surface area contributed by atoms with Crippen LogP contribution in [0.1, 0.15) is 20.8 Å². The number of likely N-dealkylation sites (tertiary alicyclic amines) is 1. The minimum Gasteiger partial charge on any atom is -0.445 e. The van der Waals surface area contributed by atoms with Crippen molar-refractivity contribution in [1.29, 1.82) is 0 Å². The van der Waals surface area contributed by atoms with Crippen LogP contribution in [0.4, 0.5) is 9.59 Å². The molecule has 12 heteroatoms. The van der Waals surface area contributed by atoms with E-state index in [0.717, 1.165) is 15.1 Å². The molecule has 1 aromatic heterocycles. The first-order valence-electron chi connectivity index (χ1n) is 12.6. The van der Waals surface area contributed by atoms with Crippen molar-refractivity contribution >= 4 is 53.2 Å². The van der Waals surface area contributed by atoms with Gasteiger partial charge < -0.3 is 9.64 Å². The predicted octanol–water partition coefficient (Wildman–Crippen LogP) is 4.60. The van der Waals surface area contributed by atoms with Gasteiger partial charge >= 0.3 is 12.1 Å². The number of hydroxylamine groups is 2. The molecule has 2 atom stereocenters. The summed E-state index contributed by atoms with van der Waals surface area (Å²) in [4.78, 5) is 52.3. The highest BCUT2D eigenvalue weighted by Crippen LogP contribution is 2.48. The summed E-state index contributed by atoms with van der Waals surface area (Å²) in [5, 5.41) is 1.01. The number of fused-ring (bicyclic) bond motifs is 1. The number of ether oxygens (including phenoxy) is 1. The molecule has 0 aliphatic carbocycles. The number of aromatic nitrogens is 1. The van der Waals surface area contributed by atoms with E-state index in [1.54, 1.807) is 46.7 Å². The topological polar surface area (TPSA) is 101 Å². The van der Waals surface area contributed by atoms with Gasteiger partial charge in [0, 0.05) is 36.2 Å². The minimum absolute atomic E-state index is 0.160. The third-order valence-corrected chi connectivity index (χ3v) is 12.0. The molecule has 39 heavy (non-hydrogen) atoms. The van der Waals surface area contributed by atoms with Crippen molar-refractivity contribution in [1.82, 2.24) is 19.7 Å². The Bertz CT molecular complexity index is 1350. The van der Waals surface area contributed by atoms with Gasteiger partial charge in [0.25, 0.3) is 0 Å². The lowest BCUT2D eigenvalue weighted by molar-refractivity contribution is -0.120. The number of carbonyl (C=O) groups is 3. The summed E-state index contributed by atoms with van der Waals surface area (Å²) in [5.74, 6) is -0.183. The van der Waals surface area contributed by atoms with Crippen LogP contribution in [-0.2, 0) is 21.7 Å². The van der Waals surface area contributed by atoms with E-state index in [4.69, 9.17) is 14.6 Å². The summed E-state index contributed by atoms with van der Waals surface area (Å²) in [5.41, 5.74) is 0.432. The molecule has 2 aromatic carbocycles. The van der Waals surface area contributed by atoms with Crippen LogP contribution in [0.2, 0.25) is 19.6 Å². The van der Waals surface area contributed by atoms with Crippen LogP contribution < -0.4 is 9.35 Å². The molecular formula is C27H30N4O5S2Si. The molecule has 0 bridgehead atoms. The molecule has 5 rings (SSSR count). The van der Waals surface area contributed by atoms with Crippen LogP contribution in [0.15, 0.2) is 66.9 Å². The Morgan fingerprint density at radius 3 is 2.49 bits per heavy atom. The largest absolute Gasteiger partial charge is 0.445 e. The van der Waals surface area contributed by atoms with Crippen molar-refractivity contribution in [2.45, 2.75) is 31.8 Å². The number of rotatable bonds is 5. The Morgan fingerprint density at radius 2 is 1.82 bits per heavy atom. The van der Waals surface area contributed by atoms with Crippen LogP contribution in [0.5, 0.6) is 0 Å². The van der Waals surface area contributed by atoms with E-state index < -0.39 is 25.7 Å². The smallest absolute Gasteiger partial charge is 0.410 e. The summed E-state index contributed by atoms with van der Waals surface area (Å²) < 4.78 is 9.31. The van der Waals surface area contributed by atoms with Crippen molar-refractivity contribution in [3.8, 4) is 0 Å². The Morgan fingerprint density at radius 1 is 1.13 bits per heavy atom. The van der Waals surface area contributed by atoms with Crippen LogP contribution >= 0.6 is 23.3 Å². The van der Waals surface area contributed by atoms with Crippen LogP contribution in [-0.4, -0.2) is 60.0 Å². The van der Waals surface area contributed by atoms with E-state index in [0.29, 0.717) is 24.1 Å². The zero-order chi connectivity index (χ0) is 27.6. The number of hydrogen-bond acceptors (Lipinski definition) is 8. The fraction of sp³-hybridized carbons (Fsp3) is 0.333. The molecule has 0 saturated carbocycles. The van der Waals surface area contributed by atoms with E-state index >= 15 is 0 Å². The van der Waals surface area contributed by atoms with Gasteiger partial charge in [-0.1, -0.05) is 80.3 Å². The minimum atomic E-state index is -1.72. The van der Waals surface area contributed by atoms with E-state index in [9.17, 15) is 14.4 Å². The standard InChI is InChI=1S/C27H30N4O5S2Si/c1-39(2,3)25-28-14-22(37-25)27-18-30(26(34)35-16-19-10-6-4-7-11-19)15-21(27)17-36-31(27)24(33)29-38-23(32)20-12-8-5-9-13-20/h4-14,21H,15-18H2,1-3H3,(H,29,33). The molecule has 2 saturated heterocycles. The summed E-state index contributed by atoms with van der Waals surface area (Å²) in [6.45, 7) is 7.62. The fourth-order valence-corrected chi connectivity index (χ4v) is 8.19. The number of nitrogens with zero attached hydrogens (tertiary/aromatic N) is 3. The predicted molar refractivity (Wildman–Crippen MR) is 153 cm³/mol. The molecule has 1 N–H and O–H groups in total. The average Bonchev–Trinajstić information content (AvgIpc) is 3.65. The van der Waals surface area contributed by atoms with E-state index in [-0.39, 0.29) is 30.8 Å². The highest BCUT2D eigenvalue weighted by Gasteiger charge is 2.61. The highest BCUT2D eigenvalue weighted by molar-refractivity contribution is 8.12. The van der Waals surface area contributed by atoms with Crippen molar-refractivity contribution in [3.63, 3.8) is 0 Å². The first-order valence-corrected chi connectivity index (χ1v) is 17.7. The number of carbonyl (C=O) groups excluding carboxylic acids is 3. The van der Waals surface area contributed by atoms with E-state index in [2.05, 4.69) is 24.4 Å². The lowest BCUT2D eigenvalue weighted by Gasteiger charge is -2.34. The Balaban J connectivity index is 1.37. The first kappa shape index (κ1) is 27.4. The monoisotopic (exact) mass is 582 g/mol. The fourth-order valence-electron chi connectivity index (χ4n) is 4.76. The van der Waals surface area contributed by atoms with Crippen molar-refractivity contribution < 1.29 is 24.0 Å². The summed E-state index contributed by atoms with van der Waals surface area (Å²) >= 11 is 2.27. The molecule has 2 unspecified atom stereocenters. The molecule has 3 aromatic rings. The summed E-state index contributed by atoms with van der Waals surface area (Å²) in [6, 6.07) is 17.7. The van der Waals surface area contributed by atoms with Gasteiger partial charge in [0.15, 0.2) is 0 Å². The van der Waals surface area contributed by atoms with Gasteiger partial charge in [0.2, 0.25) is 5.12 Å². The number of nitrogens with one attached hydrogen (secondary N) is 1. The average molecular weight is 583 g/mol. The second-order valence-electron chi connectivity index (χ2n) is 10.6. The van der Waals surface area contributed by atoms with Gasteiger partial charge in [-0.05, 0) is 5.56 Å². The van der Waals surface area contributed by atoms with Gasteiger partial charge in [-0.25, -0.2) is 9.59 Å². The molecule has 204 valence electrons. The molecule has 2 fully saturated rings. The second-order valence-corrected chi connectivity index (χ2v) is 17.7. The van der Waals surface area contributed by atoms with Crippen molar-refractivity contribution in [3.05, 3.63) is 82.9 Å². The van der Waals surface area contributed by atoms with E-state index in [1.165, 1.54) is 5.06 Å². The molecule has 0 spiro atoms. The quantitative estimate of drug-likeness (QED) is 0.347. The molecular weight excluding hydrogens is 553 g/mol. The van der Waals surface area contributed by atoms with Gasteiger partial charge in [0.1, 0.15) is 20.2 Å². The van der Waals surface area contributed by atoms with Crippen molar-refractivity contribution in [2.75, 3.05) is 19.7 Å². The molecule has 9 nitrogen and oxygen atoms in total. The third-order valence-electron chi connectivity index (χ3n) is 6.78. The van der Waals surface area contributed by atoms with Crippen molar-refractivity contribution in [2.24, 2.45) is 5.92 Å².